The van der Waals surface area contributed by atoms with Crippen LogP contribution in [0.2, 0.25) is 0 Å². The molecule has 1 heterocycles. The molecule has 0 fully saturated rings. The first-order valence-corrected chi connectivity index (χ1v) is 4.89. The predicted octanol–water partition coefficient (Wildman–Crippen LogP) is 2.02. The molecule has 3 nitrogen and oxygen atoms in total. The summed E-state index contributed by atoms with van der Waals surface area (Å²) >= 11 is 3.31. The number of nitrogens with zero attached hydrogens (tertiary/aromatic N) is 2. The summed E-state index contributed by atoms with van der Waals surface area (Å²) in [5.41, 5.74) is 0.725. The highest BCUT2D eigenvalue weighted by Crippen LogP contribution is 2.22. The Hall–Kier alpha value is -1.29. The first-order valence-electron chi connectivity index (χ1n) is 4.09. The molecular formula is C10H7BrN2O. The summed E-state index contributed by atoms with van der Waals surface area (Å²) < 4.78 is 0.882. The Kier molecular flexibility index (Phi) is 2.29. The number of amidine groups is 1. The summed E-state index contributed by atoms with van der Waals surface area (Å²) in [7, 11) is 0. The molecule has 1 aliphatic heterocycles. The van der Waals surface area contributed by atoms with Gasteiger partial charge in [-0.1, -0.05) is 28.6 Å². The fourth-order valence-electron chi connectivity index (χ4n) is 1.30. The maximum atomic E-state index is 11.5. The van der Waals surface area contributed by atoms with E-state index >= 15 is 0 Å². The lowest BCUT2D eigenvalue weighted by molar-refractivity contribution is -0.118. The van der Waals surface area contributed by atoms with Crippen molar-refractivity contribution in [2.45, 2.75) is 0 Å². The Morgan fingerprint density at radius 2 is 2.21 bits per heavy atom. The Bertz CT molecular complexity index is 429. The Labute approximate surface area is 89.8 Å². The van der Waals surface area contributed by atoms with Crippen LogP contribution in [0.5, 0.6) is 0 Å². The average molecular weight is 251 g/mol. The number of carbonyl (C=O) groups excluding carboxylic acids is 1. The van der Waals surface area contributed by atoms with Crippen LogP contribution >= 0.6 is 15.9 Å². The minimum Gasteiger partial charge on any atom is -0.271 e. The maximum absolute atomic E-state index is 11.5. The van der Waals surface area contributed by atoms with Gasteiger partial charge in [0.2, 0.25) is 0 Å². The largest absolute Gasteiger partial charge is 0.271 e. The van der Waals surface area contributed by atoms with Gasteiger partial charge in [0.1, 0.15) is 5.92 Å². The van der Waals surface area contributed by atoms with Crippen molar-refractivity contribution in [1.29, 1.82) is 0 Å². The van der Waals surface area contributed by atoms with Gasteiger partial charge in [-0.25, -0.2) is 4.99 Å². The first kappa shape index (κ1) is 9.27. The second kappa shape index (κ2) is 3.46. The second-order valence-electron chi connectivity index (χ2n) is 2.91. The molecule has 1 unspecified atom stereocenters. The van der Waals surface area contributed by atoms with E-state index in [-0.39, 0.29) is 11.8 Å². The number of amides is 1. The standard InChI is InChI=1S/C10H7BrN2O/c1-2-9-12-8-4-3-6(11)5-7(8)10(14)13-9/h2-5,7H,1H2. The molecule has 0 saturated heterocycles. The maximum Gasteiger partial charge on any atom is 0.260 e. The number of hydrogen-bond acceptors (Lipinski definition) is 2. The van der Waals surface area contributed by atoms with E-state index in [4.69, 9.17) is 0 Å². The molecule has 14 heavy (non-hydrogen) atoms. The van der Waals surface area contributed by atoms with Crippen LogP contribution < -0.4 is 0 Å². The fraction of sp³-hybridized carbons (Fsp3) is 0.100. The molecule has 70 valence electrons. The van der Waals surface area contributed by atoms with E-state index in [0.717, 1.165) is 10.2 Å². The second-order valence-corrected chi connectivity index (χ2v) is 3.83. The first-order chi connectivity index (χ1) is 6.70. The van der Waals surface area contributed by atoms with Crippen molar-refractivity contribution in [2.75, 3.05) is 0 Å². The summed E-state index contributed by atoms with van der Waals surface area (Å²) in [6.45, 7) is 3.53. The lowest BCUT2D eigenvalue weighted by atomic mass is 9.96. The van der Waals surface area contributed by atoms with E-state index in [1.54, 1.807) is 6.08 Å². The summed E-state index contributed by atoms with van der Waals surface area (Å²) in [5, 5.41) is 0. The van der Waals surface area contributed by atoms with Crippen molar-refractivity contribution in [1.82, 2.24) is 0 Å². The van der Waals surface area contributed by atoms with E-state index in [1.165, 1.54) is 6.08 Å². The van der Waals surface area contributed by atoms with Crippen molar-refractivity contribution in [3.63, 3.8) is 0 Å². The number of halogens is 1. The lowest BCUT2D eigenvalue weighted by Crippen LogP contribution is -2.26. The molecular weight excluding hydrogens is 244 g/mol. The zero-order valence-corrected chi connectivity index (χ0v) is 8.86. The number of rotatable bonds is 1. The number of allylic oxidation sites excluding steroid dienone is 3. The molecule has 0 aromatic carbocycles. The van der Waals surface area contributed by atoms with Crippen LogP contribution in [-0.2, 0) is 4.79 Å². The quantitative estimate of drug-likeness (QED) is 0.702. The summed E-state index contributed by atoms with van der Waals surface area (Å²) in [6.07, 6.45) is 6.94. The van der Waals surface area contributed by atoms with Gasteiger partial charge in [0.05, 0.1) is 5.71 Å². The predicted molar refractivity (Wildman–Crippen MR) is 59.7 cm³/mol. The van der Waals surface area contributed by atoms with Crippen molar-refractivity contribution < 1.29 is 4.79 Å². The number of aliphatic imine (C=N–C) groups is 2. The topological polar surface area (TPSA) is 41.8 Å². The van der Waals surface area contributed by atoms with Gasteiger partial charge in [0, 0.05) is 4.48 Å². The molecule has 4 heteroatoms. The van der Waals surface area contributed by atoms with E-state index < -0.39 is 0 Å². The zero-order chi connectivity index (χ0) is 10.1. The van der Waals surface area contributed by atoms with Crippen molar-refractivity contribution in [3.05, 3.63) is 35.4 Å². The molecule has 1 aliphatic carbocycles. The molecule has 0 aromatic rings. The van der Waals surface area contributed by atoms with Crippen LogP contribution in [0.25, 0.3) is 0 Å². The van der Waals surface area contributed by atoms with E-state index in [1.807, 2.05) is 12.2 Å². The Balaban J connectivity index is 2.44. The van der Waals surface area contributed by atoms with Crippen molar-refractivity contribution >= 4 is 33.4 Å². The number of fused-ring (bicyclic) bond motifs is 1. The molecule has 1 atom stereocenters. The van der Waals surface area contributed by atoms with Gasteiger partial charge >= 0.3 is 0 Å². The molecule has 2 rings (SSSR count). The van der Waals surface area contributed by atoms with Gasteiger partial charge in [0.25, 0.3) is 5.91 Å². The van der Waals surface area contributed by atoms with Crippen LogP contribution in [0.1, 0.15) is 0 Å². The van der Waals surface area contributed by atoms with Crippen LogP contribution in [0.3, 0.4) is 0 Å². The summed E-state index contributed by atoms with van der Waals surface area (Å²) in [4.78, 5) is 19.5. The number of carbonyl (C=O) groups is 1. The molecule has 1 amide bonds. The summed E-state index contributed by atoms with van der Waals surface area (Å²) in [6, 6.07) is 0. The van der Waals surface area contributed by atoms with Crippen LogP contribution in [-0.4, -0.2) is 17.5 Å². The highest BCUT2D eigenvalue weighted by molar-refractivity contribution is 9.11. The van der Waals surface area contributed by atoms with E-state index in [0.29, 0.717) is 5.84 Å². The number of hydrogen-bond donors (Lipinski definition) is 0. The van der Waals surface area contributed by atoms with Gasteiger partial charge < -0.3 is 0 Å². The van der Waals surface area contributed by atoms with Gasteiger partial charge in [0.15, 0.2) is 5.84 Å². The minimum atomic E-state index is -0.335. The third kappa shape index (κ3) is 1.53. The molecule has 0 bridgehead atoms. The van der Waals surface area contributed by atoms with Gasteiger partial charge in [-0.2, -0.15) is 4.99 Å². The minimum absolute atomic E-state index is 0.189. The third-order valence-electron chi connectivity index (χ3n) is 1.97. The highest BCUT2D eigenvalue weighted by atomic mass is 79.9. The van der Waals surface area contributed by atoms with Crippen molar-refractivity contribution in [3.8, 4) is 0 Å². The van der Waals surface area contributed by atoms with E-state index in [9.17, 15) is 4.79 Å². The third-order valence-corrected chi connectivity index (χ3v) is 2.50. The van der Waals surface area contributed by atoms with Gasteiger partial charge in [-0.3, -0.25) is 4.79 Å². The van der Waals surface area contributed by atoms with E-state index in [2.05, 4.69) is 32.5 Å². The van der Waals surface area contributed by atoms with Crippen molar-refractivity contribution in [2.24, 2.45) is 15.9 Å². The molecule has 0 spiro atoms. The molecule has 2 aliphatic rings. The van der Waals surface area contributed by atoms with Gasteiger partial charge in [-0.15, -0.1) is 0 Å². The summed E-state index contributed by atoms with van der Waals surface area (Å²) in [5.74, 6) is -0.137. The highest BCUT2D eigenvalue weighted by Gasteiger charge is 2.26. The molecule has 0 saturated carbocycles. The van der Waals surface area contributed by atoms with Gasteiger partial charge in [-0.05, 0) is 18.2 Å². The lowest BCUT2D eigenvalue weighted by Gasteiger charge is -2.17. The Morgan fingerprint density at radius 1 is 1.43 bits per heavy atom. The SMILES string of the molecule is C=CC1=NC(=O)C2C=C(Br)C=CC2=N1. The molecule has 0 N–H and O–H groups in total. The zero-order valence-electron chi connectivity index (χ0n) is 7.27. The Morgan fingerprint density at radius 3 is 2.93 bits per heavy atom. The molecule has 0 aromatic heterocycles. The fourth-order valence-corrected chi connectivity index (χ4v) is 1.70. The van der Waals surface area contributed by atoms with Crippen LogP contribution in [0.4, 0.5) is 0 Å². The average Bonchev–Trinajstić information content (AvgIpc) is 2.19. The monoisotopic (exact) mass is 250 g/mol. The smallest absolute Gasteiger partial charge is 0.260 e. The van der Waals surface area contributed by atoms with Crippen LogP contribution in [0, 0.1) is 5.92 Å². The molecule has 0 radical (unpaired) electrons. The normalized spacial score (nSPS) is 24.8. The van der Waals surface area contributed by atoms with Crippen LogP contribution in [0.15, 0.2) is 45.4 Å².